The Morgan fingerprint density at radius 1 is 1.36 bits per heavy atom. The quantitative estimate of drug-likeness (QED) is 0.928. The third-order valence-electron chi connectivity index (χ3n) is 4.84. The number of carboxylic acids is 1. The smallest absolute Gasteiger partial charge is 0.326 e. The Morgan fingerprint density at radius 2 is 2.09 bits per heavy atom. The number of carboxylic acid groups (broad SMARTS) is 1. The molecule has 1 aromatic rings. The van der Waals surface area contributed by atoms with Crippen LogP contribution in [0.3, 0.4) is 0 Å². The molecule has 0 bridgehead atoms. The van der Waals surface area contributed by atoms with E-state index in [1.807, 2.05) is 13.8 Å². The molecule has 2 heterocycles. The third kappa shape index (κ3) is 2.64. The summed E-state index contributed by atoms with van der Waals surface area (Å²) in [5.74, 6) is -0.475. The minimum atomic E-state index is -0.887. The Balaban J connectivity index is 1.88. The number of aromatic nitrogens is 1. The molecule has 2 fully saturated rings. The fourth-order valence-electron chi connectivity index (χ4n) is 3.76. The summed E-state index contributed by atoms with van der Waals surface area (Å²) in [6, 6.07) is -0.614. The highest BCUT2D eigenvalue weighted by molar-refractivity contribution is 7.09. The first-order chi connectivity index (χ1) is 10.5. The normalized spacial score (nSPS) is 28.0. The van der Waals surface area contributed by atoms with Crippen LogP contribution in [0.1, 0.15) is 67.4 Å². The number of carbonyl (C=O) groups is 2. The van der Waals surface area contributed by atoms with Crippen LogP contribution in [0.5, 0.6) is 0 Å². The Hall–Kier alpha value is -1.43. The number of carbonyl (C=O) groups excluding carboxylic acids is 1. The summed E-state index contributed by atoms with van der Waals surface area (Å²) in [5, 5.41) is 12.2. The average Bonchev–Trinajstić information content (AvgIpc) is 3.11. The molecule has 2 aliphatic rings. The van der Waals surface area contributed by atoms with E-state index in [4.69, 9.17) is 0 Å². The molecule has 1 aliphatic heterocycles. The highest BCUT2D eigenvalue weighted by Crippen LogP contribution is 2.40. The summed E-state index contributed by atoms with van der Waals surface area (Å²) in [4.78, 5) is 30.5. The Kier molecular flexibility index (Phi) is 4.21. The average molecular weight is 322 g/mol. The maximum Gasteiger partial charge on any atom is 0.326 e. The molecule has 1 saturated carbocycles. The van der Waals surface area contributed by atoms with Crippen LogP contribution >= 0.6 is 11.3 Å². The number of rotatable bonds is 3. The van der Waals surface area contributed by atoms with Gasteiger partial charge in [0.05, 0.1) is 5.01 Å². The summed E-state index contributed by atoms with van der Waals surface area (Å²) in [7, 11) is 0. The molecule has 1 aromatic heterocycles. The van der Waals surface area contributed by atoms with Crippen LogP contribution in [0.2, 0.25) is 0 Å². The van der Waals surface area contributed by atoms with E-state index in [9.17, 15) is 14.7 Å². The van der Waals surface area contributed by atoms with Crippen molar-refractivity contribution in [2.24, 2.45) is 5.92 Å². The van der Waals surface area contributed by atoms with Crippen LogP contribution in [-0.4, -0.2) is 39.0 Å². The van der Waals surface area contributed by atoms with Gasteiger partial charge in [0.2, 0.25) is 0 Å². The molecule has 0 spiro atoms. The van der Waals surface area contributed by atoms with Crippen molar-refractivity contribution in [1.82, 2.24) is 9.88 Å². The van der Waals surface area contributed by atoms with E-state index in [0.717, 1.165) is 30.7 Å². The van der Waals surface area contributed by atoms with Gasteiger partial charge in [0.25, 0.3) is 5.91 Å². The van der Waals surface area contributed by atoms with E-state index in [1.165, 1.54) is 11.3 Å². The molecule has 1 aliphatic carbocycles. The molecule has 120 valence electrons. The second-order valence-corrected chi connectivity index (χ2v) is 7.53. The van der Waals surface area contributed by atoms with Crippen molar-refractivity contribution in [3.8, 4) is 0 Å². The fraction of sp³-hybridized carbons (Fsp3) is 0.688. The number of thiazole rings is 1. The molecule has 0 radical (unpaired) electrons. The zero-order valence-corrected chi connectivity index (χ0v) is 13.8. The van der Waals surface area contributed by atoms with Crippen molar-refractivity contribution in [3.05, 3.63) is 16.1 Å². The summed E-state index contributed by atoms with van der Waals surface area (Å²) < 4.78 is 0. The molecule has 22 heavy (non-hydrogen) atoms. The van der Waals surface area contributed by atoms with Gasteiger partial charge in [-0.3, -0.25) is 4.79 Å². The number of aliphatic carboxylic acids is 1. The number of hydrogen-bond acceptors (Lipinski definition) is 4. The zero-order valence-electron chi connectivity index (χ0n) is 13.0. The van der Waals surface area contributed by atoms with Crippen molar-refractivity contribution in [2.45, 2.75) is 64.0 Å². The predicted octanol–water partition coefficient (Wildman–Crippen LogP) is 3.12. The van der Waals surface area contributed by atoms with Crippen molar-refractivity contribution < 1.29 is 14.7 Å². The van der Waals surface area contributed by atoms with Crippen LogP contribution < -0.4 is 0 Å². The van der Waals surface area contributed by atoms with Gasteiger partial charge in [0, 0.05) is 17.3 Å². The van der Waals surface area contributed by atoms with Gasteiger partial charge in [-0.15, -0.1) is 11.3 Å². The first kappa shape index (κ1) is 15.5. The molecule has 3 rings (SSSR count). The Labute approximate surface area is 134 Å². The second kappa shape index (κ2) is 5.99. The van der Waals surface area contributed by atoms with Gasteiger partial charge in [-0.2, -0.15) is 0 Å². The number of hydrogen-bond donors (Lipinski definition) is 1. The number of likely N-dealkylation sites (tertiary alicyclic amines) is 1. The fourth-order valence-corrected chi connectivity index (χ4v) is 4.57. The molecular weight excluding hydrogens is 300 g/mol. The largest absolute Gasteiger partial charge is 0.480 e. The molecule has 6 heteroatoms. The van der Waals surface area contributed by atoms with Crippen LogP contribution in [0.25, 0.3) is 0 Å². The molecule has 3 atom stereocenters. The van der Waals surface area contributed by atoms with Gasteiger partial charge in [-0.05, 0) is 25.2 Å². The maximum atomic E-state index is 12.9. The zero-order chi connectivity index (χ0) is 15.9. The lowest BCUT2D eigenvalue weighted by atomic mass is 9.84. The first-order valence-electron chi connectivity index (χ1n) is 8.00. The molecule has 1 N–H and O–H groups in total. The van der Waals surface area contributed by atoms with Gasteiger partial charge in [-0.1, -0.05) is 26.7 Å². The standard InChI is InChI=1S/C16H22N2O3S/c1-9(2)14-17-11(8-22-14)15(19)18-12-6-4-3-5-10(12)7-13(18)16(20)21/h8-10,12-13H,3-7H2,1-2H3,(H,20,21)/t10-,12-,13-/m0/s1. The van der Waals surface area contributed by atoms with Gasteiger partial charge in [0.1, 0.15) is 11.7 Å². The maximum absolute atomic E-state index is 12.9. The highest BCUT2D eigenvalue weighted by Gasteiger charge is 2.48. The molecule has 1 amide bonds. The van der Waals surface area contributed by atoms with E-state index < -0.39 is 12.0 Å². The van der Waals surface area contributed by atoms with E-state index >= 15 is 0 Å². The third-order valence-corrected chi connectivity index (χ3v) is 5.99. The first-order valence-corrected chi connectivity index (χ1v) is 8.88. The van der Waals surface area contributed by atoms with E-state index in [-0.39, 0.29) is 17.9 Å². The highest BCUT2D eigenvalue weighted by atomic mass is 32.1. The van der Waals surface area contributed by atoms with Gasteiger partial charge >= 0.3 is 5.97 Å². The summed E-state index contributed by atoms with van der Waals surface area (Å²) in [6.07, 6.45) is 4.76. The van der Waals surface area contributed by atoms with E-state index in [1.54, 1.807) is 10.3 Å². The molecule has 1 saturated heterocycles. The summed E-state index contributed by atoms with van der Waals surface area (Å²) >= 11 is 1.48. The summed E-state index contributed by atoms with van der Waals surface area (Å²) in [6.45, 7) is 4.08. The van der Waals surface area contributed by atoms with Gasteiger partial charge < -0.3 is 10.0 Å². The minimum absolute atomic E-state index is 0.0755. The molecular formula is C16H22N2O3S. The van der Waals surface area contributed by atoms with Crippen molar-refractivity contribution in [2.75, 3.05) is 0 Å². The van der Waals surface area contributed by atoms with Crippen molar-refractivity contribution in [1.29, 1.82) is 0 Å². The van der Waals surface area contributed by atoms with Crippen molar-refractivity contribution in [3.63, 3.8) is 0 Å². The second-order valence-electron chi connectivity index (χ2n) is 6.64. The molecule has 0 aromatic carbocycles. The Morgan fingerprint density at radius 3 is 2.73 bits per heavy atom. The molecule has 5 nitrogen and oxygen atoms in total. The molecule has 0 unspecified atom stereocenters. The number of nitrogens with zero attached hydrogens (tertiary/aromatic N) is 2. The summed E-state index contributed by atoms with van der Waals surface area (Å²) in [5.41, 5.74) is 0.408. The monoisotopic (exact) mass is 322 g/mol. The van der Waals surface area contributed by atoms with Gasteiger partial charge in [0.15, 0.2) is 0 Å². The Bertz CT molecular complexity index is 584. The van der Waals surface area contributed by atoms with Crippen LogP contribution in [0, 0.1) is 5.92 Å². The lowest BCUT2D eigenvalue weighted by molar-refractivity contribution is -0.141. The van der Waals surface area contributed by atoms with E-state index in [2.05, 4.69) is 4.98 Å². The van der Waals surface area contributed by atoms with E-state index in [0.29, 0.717) is 18.0 Å². The van der Waals surface area contributed by atoms with Gasteiger partial charge in [-0.25, -0.2) is 9.78 Å². The predicted molar refractivity (Wildman–Crippen MR) is 84.2 cm³/mol. The number of fused-ring (bicyclic) bond motifs is 1. The SMILES string of the molecule is CC(C)c1nc(C(=O)N2[C@H](C(=O)O)C[C@@H]3CCCC[C@@H]32)cs1. The lowest BCUT2D eigenvalue weighted by Crippen LogP contribution is -2.46. The van der Waals surface area contributed by atoms with Crippen LogP contribution in [0.15, 0.2) is 5.38 Å². The van der Waals surface area contributed by atoms with Crippen molar-refractivity contribution >= 4 is 23.2 Å². The lowest BCUT2D eigenvalue weighted by Gasteiger charge is -2.32. The van der Waals surface area contributed by atoms with Crippen LogP contribution in [0.4, 0.5) is 0 Å². The minimum Gasteiger partial charge on any atom is -0.480 e. The number of amides is 1. The van der Waals surface area contributed by atoms with Crippen LogP contribution in [-0.2, 0) is 4.79 Å². The topological polar surface area (TPSA) is 70.5 Å².